The van der Waals surface area contributed by atoms with Crippen molar-refractivity contribution in [3.8, 4) is 5.75 Å². The molecular weight excluding hydrogens is 528 g/mol. The number of esters is 1. The molecule has 0 amide bonds. The monoisotopic (exact) mass is 556 g/mol. The van der Waals surface area contributed by atoms with Gasteiger partial charge in [-0.1, -0.05) is 65.9 Å². The average molecular weight is 557 g/mol. The summed E-state index contributed by atoms with van der Waals surface area (Å²) in [5, 5.41) is 0. The van der Waals surface area contributed by atoms with Gasteiger partial charge < -0.3 is 9.47 Å². The first-order valence-corrected chi connectivity index (χ1v) is 14.6. The Morgan fingerprint density at radius 3 is 2.56 bits per heavy atom. The Balaban J connectivity index is 1.55. The molecule has 1 aliphatic rings. The topological polar surface area (TPSA) is 69.9 Å². The molecule has 0 fully saturated rings. The number of fused-ring (bicyclic) bond motifs is 1. The summed E-state index contributed by atoms with van der Waals surface area (Å²) < 4.78 is 13.5. The van der Waals surface area contributed by atoms with Crippen molar-refractivity contribution >= 4 is 35.1 Å². The van der Waals surface area contributed by atoms with E-state index in [4.69, 9.17) is 9.47 Å². The van der Waals surface area contributed by atoms with Crippen LogP contribution in [0.2, 0.25) is 0 Å². The van der Waals surface area contributed by atoms with E-state index in [0.717, 1.165) is 21.6 Å². The lowest BCUT2D eigenvalue weighted by molar-refractivity contribution is -0.139. The molecule has 0 saturated heterocycles. The molecule has 1 aromatic heterocycles. The molecule has 4 aromatic rings. The van der Waals surface area contributed by atoms with Crippen LogP contribution in [0.1, 0.15) is 36.6 Å². The zero-order valence-electron chi connectivity index (χ0n) is 21.9. The molecule has 39 heavy (non-hydrogen) atoms. The Morgan fingerprint density at radius 2 is 1.85 bits per heavy atom. The van der Waals surface area contributed by atoms with Gasteiger partial charge in [-0.25, -0.2) is 9.79 Å². The first-order valence-electron chi connectivity index (χ1n) is 12.6. The van der Waals surface area contributed by atoms with Crippen LogP contribution in [0.5, 0.6) is 5.75 Å². The largest absolute Gasteiger partial charge is 0.489 e. The number of carbonyl (C=O) groups is 1. The van der Waals surface area contributed by atoms with Crippen molar-refractivity contribution in [1.82, 2.24) is 4.57 Å². The molecule has 0 bridgehead atoms. The molecule has 0 radical (unpaired) electrons. The second-order valence-electron chi connectivity index (χ2n) is 8.92. The minimum atomic E-state index is -0.626. The summed E-state index contributed by atoms with van der Waals surface area (Å²) in [7, 11) is 0. The molecule has 8 heteroatoms. The summed E-state index contributed by atoms with van der Waals surface area (Å²) in [4.78, 5) is 33.2. The maximum Gasteiger partial charge on any atom is 0.338 e. The standard InChI is InChI=1S/C31H28N2O4S2/c1-4-36-30(35)27-20(2)32-31-33(28(27)23-13-15-25(38-3)16-14-23)29(34)26(39-31)18-22-11-8-12-24(17-22)37-19-21-9-6-5-7-10-21/h5-18,28H,4,19H2,1-3H3/b26-18-/t28-/m1/s1. The number of thiazole rings is 1. The van der Waals surface area contributed by atoms with Gasteiger partial charge in [0.25, 0.3) is 5.56 Å². The average Bonchev–Trinajstić information content (AvgIpc) is 3.26. The molecular formula is C31H28N2O4S2. The summed E-state index contributed by atoms with van der Waals surface area (Å²) in [5.41, 5.74) is 3.47. The molecule has 0 spiro atoms. The number of aromatic nitrogens is 1. The van der Waals surface area contributed by atoms with Crippen molar-refractivity contribution in [2.75, 3.05) is 12.9 Å². The van der Waals surface area contributed by atoms with Crippen LogP contribution in [-0.4, -0.2) is 23.4 Å². The molecule has 5 rings (SSSR count). The number of ether oxygens (including phenoxy) is 2. The van der Waals surface area contributed by atoms with Crippen molar-refractivity contribution in [2.24, 2.45) is 4.99 Å². The van der Waals surface area contributed by atoms with E-state index in [0.29, 0.717) is 33.0 Å². The quantitative estimate of drug-likeness (QED) is 0.223. The first-order chi connectivity index (χ1) is 19.0. The molecule has 6 nitrogen and oxygen atoms in total. The molecule has 198 valence electrons. The number of nitrogens with zero attached hydrogens (tertiary/aromatic N) is 2. The second-order valence-corrected chi connectivity index (χ2v) is 10.8. The normalized spacial score (nSPS) is 15.1. The van der Waals surface area contributed by atoms with Crippen LogP contribution in [0.15, 0.2) is 105 Å². The highest BCUT2D eigenvalue weighted by atomic mass is 32.2. The molecule has 1 aliphatic heterocycles. The number of hydrogen-bond donors (Lipinski definition) is 0. The van der Waals surface area contributed by atoms with E-state index in [2.05, 4.69) is 4.99 Å². The van der Waals surface area contributed by atoms with Gasteiger partial charge in [0.2, 0.25) is 0 Å². The zero-order chi connectivity index (χ0) is 27.4. The third-order valence-electron chi connectivity index (χ3n) is 6.35. The summed E-state index contributed by atoms with van der Waals surface area (Å²) in [6.07, 6.45) is 3.85. The minimum Gasteiger partial charge on any atom is -0.489 e. The number of benzene rings is 3. The second kappa shape index (κ2) is 11.9. The Kier molecular flexibility index (Phi) is 8.14. The lowest BCUT2D eigenvalue weighted by atomic mass is 9.96. The van der Waals surface area contributed by atoms with Crippen LogP contribution in [0.25, 0.3) is 6.08 Å². The maximum absolute atomic E-state index is 13.8. The van der Waals surface area contributed by atoms with Crippen LogP contribution in [0.3, 0.4) is 0 Å². The Labute approximate surface area is 235 Å². The first kappa shape index (κ1) is 26.7. The summed E-state index contributed by atoms with van der Waals surface area (Å²) >= 11 is 2.94. The molecule has 3 aromatic carbocycles. The number of thioether (sulfide) groups is 1. The number of allylic oxidation sites excluding steroid dienone is 1. The van der Waals surface area contributed by atoms with Crippen molar-refractivity contribution < 1.29 is 14.3 Å². The molecule has 0 aliphatic carbocycles. The highest BCUT2D eigenvalue weighted by Crippen LogP contribution is 2.31. The Bertz CT molecular complexity index is 1700. The van der Waals surface area contributed by atoms with E-state index in [-0.39, 0.29) is 12.2 Å². The lowest BCUT2D eigenvalue weighted by Crippen LogP contribution is -2.39. The highest BCUT2D eigenvalue weighted by Gasteiger charge is 2.33. The fourth-order valence-corrected chi connectivity index (χ4v) is 5.93. The van der Waals surface area contributed by atoms with E-state index >= 15 is 0 Å². The number of rotatable bonds is 8. The highest BCUT2D eigenvalue weighted by molar-refractivity contribution is 7.98. The maximum atomic E-state index is 13.8. The number of carbonyl (C=O) groups excluding carboxylic acids is 1. The van der Waals surface area contributed by atoms with Gasteiger partial charge in [-0.05, 0) is 67.1 Å². The van der Waals surface area contributed by atoms with Crippen molar-refractivity contribution in [3.05, 3.63) is 127 Å². The van der Waals surface area contributed by atoms with E-state index < -0.39 is 12.0 Å². The van der Waals surface area contributed by atoms with Gasteiger partial charge in [0.05, 0.1) is 28.5 Å². The van der Waals surface area contributed by atoms with Gasteiger partial charge >= 0.3 is 5.97 Å². The van der Waals surface area contributed by atoms with Crippen molar-refractivity contribution in [3.63, 3.8) is 0 Å². The predicted octanol–water partition coefficient (Wildman–Crippen LogP) is 5.10. The van der Waals surface area contributed by atoms with Gasteiger partial charge in [-0.15, -0.1) is 11.8 Å². The third kappa shape index (κ3) is 5.77. The van der Waals surface area contributed by atoms with Crippen LogP contribution >= 0.6 is 23.1 Å². The molecule has 1 atom stereocenters. The van der Waals surface area contributed by atoms with Crippen LogP contribution in [0, 0.1) is 0 Å². The minimum absolute atomic E-state index is 0.206. The van der Waals surface area contributed by atoms with Crippen LogP contribution < -0.4 is 19.6 Å². The lowest BCUT2D eigenvalue weighted by Gasteiger charge is -2.24. The third-order valence-corrected chi connectivity index (χ3v) is 8.08. The van der Waals surface area contributed by atoms with Crippen LogP contribution in [0.4, 0.5) is 0 Å². The van der Waals surface area contributed by atoms with E-state index in [1.165, 1.54) is 11.3 Å². The van der Waals surface area contributed by atoms with E-state index in [1.807, 2.05) is 91.2 Å². The molecule has 0 unspecified atom stereocenters. The molecule has 0 saturated carbocycles. The fraction of sp³-hybridized carbons (Fsp3) is 0.194. The smallest absolute Gasteiger partial charge is 0.338 e. The SMILES string of the molecule is CCOC(=O)C1=C(C)N=c2s/c(=C\c3cccc(OCc4ccccc4)c3)c(=O)n2[C@@H]1c1ccc(SC)cc1. The summed E-state index contributed by atoms with van der Waals surface area (Å²) in [5.74, 6) is 0.253. The van der Waals surface area contributed by atoms with Gasteiger partial charge in [0.15, 0.2) is 4.80 Å². The van der Waals surface area contributed by atoms with Gasteiger partial charge in [-0.2, -0.15) is 0 Å². The molecule has 2 heterocycles. The van der Waals surface area contributed by atoms with E-state index in [1.54, 1.807) is 30.2 Å². The van der Waals surface area contributed by atoms with Crippen LogP contribution in [-0.2, 0) is 16.1 Å². The van der Waals surface area contributed by atoms with Crippen molar-refractivity contribution in [2.45, 2.75) is 31.4 Å². The van der Waals surface area contributed by atoms with E-state index in [9.17, 15) is 9.59 Å². The van der Waals surface area contributed by atoms with Gasteiger partial charge in [0, 0.05) is 4.90 Å². The predicted molar refractivity (Wildman–Crippen MR) is 156 cm³/mol. The zero-order valence-corrected chi connectivity index (χ0v) is 23.6. The van der Waals surface area contributed by atoms with Gasteiger partial charge in [0.1, 0.15) is 12.4 Å². The van der Waals surface area contributed by atoms with Crippen molar-refractivity contribution in [1.29, 1.82) is 0 Å². The fourth-order valence-electron chi connectivity index (χ4n) is 4.48. The van der Waals surface area contributed by atoms with Gasteiger partial charge in [-0.3, -0.25) is 9.36 Å². The number of hydrogen-bond acceptors (Lipinski definition) is 7. The Morgan fingerprint density at radius 1 is 1.08 bits per heavy atom. The summed E-state index contributed by atoms with van der Waals surface area (Å²) in [6.45, 7) is 4.25. The summed E-state index contributed by atoms with van der Waals surface area (Å²) in [6, 6.07) is 24.9. The molecule has 0 N–H and O–H groups in total. The Hall–Kier alpha value is -3.88.